The van der Waals surface area contributed by atoms with Crippen LogP contribution in [0.1, 0.15) is 31.9 Å². The molecule has 1 aromatic carbocycles. The minimum Gasteiger partial charge on any atom is -0.454 e. The summed E-state index contributed by atoms with van der Waals surface area (Å²) in [7, 11) is 0. The Morgan fingerprint density at radius 3 is 2.53 bits per heavy atom. The second kappa shape index (κ2) is 6.08. The molecule has 0 fully saturated rings. The molecule has 19 heavy (non-hydrogen) atoms. The molecule has 7 heteroatoms. The average molecular weight is 289 g/mol. The van der Waals surface area contributed by atoms with E-state index < -0.39 is 4.92 Å². The summed E-state index contributed by atoms with van der Waals surface area (Å²) in [5, 5.41) is 11.1. The summed E-state index contributed by atoms with van der Waals surface area (Å²) in [5.41, 5.74) is 6.57. The molecule has 1 unspecified atom stereocenters. The number of ether oxygens (including phenoxy) is 2. The highest BCUT2D eigenvalue weighted by Gasteiger charge is 2.28. The Bertz CT molecular complexity index is 481. The number of benzene rings is 1. The van der Waals surface area contributed by atoms with Crippen molar-refractivity contribution in [1.82, 2.24) is 0 Å². The molecule has 2 N–H and O–H groups in total. The Balaban J connectivity index is 0.00000180. The van der Waals surface area contributed by atoms with E-state index in [-0.39, 0.29) is 36.8 Å². The third-order valence-corrected chi connectivity index (χ3v) is 3.33. The number of nitrogens with zero attached hydrogens (tertiary/aromatic N) is 1. The first-order valence-electron chi connectivity index (χ1n) is 5.88. The molecule has 0 bridgehead atoms. The zero-order chi connectivity index (χ0) is 13.3. The number of fused-ring (bicyclic) bond motifs is 1. The maximum atomic E-state index is 11.1. The number of hydrogen-bond donors (Lipinski definition) is 1. The predicted molar refractivity (Wildman–Crippen MR) is 72.9 cm³/mol. The molecule has 1 heterocycles. The number of hydrogen-bond acceptors (Lipinski definition) is 5. The molecule has 1 aliphatic rings. The maximum absolute atomic E-state index is 11.1. The summed E-state index contributed by atoms with van der Waals surface area (Å²) < 4.78 is 10.4. The Kier molecular flexibility index (Phi) is 4.97. The van der Waals surface area contributed by atoms with Gasteiger partial charge >= 0.3 is 0 Å². The molecule has 0 amide bonds. The van der Waals surface area contributed by atoms with E-state index in [1.54, 1.807) is 6.07 Å². The van der Waals surface area contributed by atoms with Crippen LogP contribution in [0.15, 0.2) is 12.1 Å². The lowest BCUT2D eigenvalue weighted by molar-refractivity contribution is -0.385. The minimum absolute atomic E-state index is 0. The van der Waals surface area contributed by atoms with Crippen LogP contribution < -0.4 is 15.2 Å². The summed E-state index contributed by atoms with van der Waals surface area (Å²) >= 11 is 0. The Labute approximate surface area is 117 Å². The molecule has 106 valence electrons. The Morgan fingerprint density at radius 1 is 1.42 bits per heavy atom. The van der Waals surface area contributed by atoms with Gasteiger partial charge in [-0.25, -0.2) is 0 Å². The molecule has 0 spiro atoms. The minimum atomic E-state index is -0.431. The molecular weight excluding hydrogens is 272 g/mol. The van der Waals surface area contributed by atoms with Crippen molar-refractivity contribution in [3.05, 3.63) is 27.8 Å². The summed E-state index contributed by atoms with van der Waals surface area (Å²) in [6, 6.07) is 2.63. The molecule has 0 saturated carbocycles. The normalized spacial score (nSPS) is 15.5. The predicted octanol–water partition coefficient (Wildman–Crippen LogP) is 2.79. The number of halogens is 1. The Hall–Kier alpha value is -1.53. The van der Waals surface area contributed by atoms with Crippen LogP contribution in [0.4, 0.5) is 5.69 Å². The van der Waals surface area contributed by atoms with Crippen LogP contribution >= 0.6 is 12.4 Å². The second-order valence-corrected chi connectivity index (χ2v) is 4.43. The van der Waals surface area contributed by atoms with Crippen LogP contribution in [0.3, 0.4) is 0 Å². The van der Waals surface area contributed by atoms with Crippen LogP contribution in [-0.4, -0.2) is 11.7 Å². The van der Waals surface area contributed by atoms with Gasteiger partial charge in [-0.2, -0.15) is 0 Å². The first-order valence-corrected chi connectivity index (χ1v) is 5.88. The smallest absolute Gasteiger partial charge is 0.278 e. The van der Waals surface area contributed by atoms with Gasteiger partial charge in [-0.3, -0.25) is 10.1 Å². The quantitative estimate of drug-likeness (QED) is 0.680. The molecular formula is C12H17ClN2O4. The van der Waals surface area contributed by atoms with E-state index >= 15 is 0 Å². The van der Waals surface area contributed by atoms with Crippen molar-refractivity contribution in [2.24, 2.45) is 11.7 Å². The fraction of sp³-hybridized carbons (Fsp3) is 0.500. The van der Waals surface area contributed by atoms with E-state index in [2.05, 4.69) is 0 Å². The van der Waals surface area contributed by atoms with E-state index in [0.29, 0.717) is 17.1 Å². The Morgan fingerprint density at radius 2 is 2.00 bits per heavy atom. The van der Waals surface area contributed by atoms with Crippen molar-refractivity contribution in [1.29, 1.82) is 0 Å². The molecule has 2 atom stereocenters. The van der Waals surface area contributed by atoms with Crippen molar-refractivity contribution in [3.63, 3.8) is 0 Å². The zero-order valence-electron chi connectivity index (χ0n) is 10.8. The van der Waals surface area contributed by atoms with Gasteiger partial charge in [0.15, 0.2) is 11.5 Å². The van der Waals surface area contributed by atoms with Gasteiger partial charge in [0.05, 0.1) is 16.6 Å². The molecule has 0 aliphatic carbocycles. The molecule has 1 aromatic rings. The van der Waals surface area contributed by atoms with E-state index in [0.717, 1.165) is 6.42 Å². The number of nitrogens with two attached hydrogens (primary N) is 1. The first kappa shape index (κ1) is 15.5. The lowest BCUT2D eigenvalue weighted by atomic mass is 9.92. The van der Waals surface area contributed by atoms with Gasteiger partial charge in [-0.05, 0) is 12.0 Å². The fourth-order valence-corrected chi connectivity index (χ4v) is 1.93. The number of nitro benzene ring substituents is 1. The molecule has 6 nitrogen and oxygen atoms in total. The highest BCUT2D eigenvalue weighted by Crippen LogP contribution is 2.41. The highest BCUT2D eigenvalue weighted by molar-refractivity contribution is 5.85. The first-order chi connectivity index (χ1) is 8.54. The maximum Gasteiger partial charge on any atom is 0.278 e. The lowest BCUT2D eigenvalue weighted by Gasteiger charge is -2.18. The highest BCUT2D eigenvalue weighted by atomic mass is 35.5. The van der Waals surface area contributed by atoms with Gasteiger partial charge in [-0.15, -0.1) is 12.4 Å². The standard InChI is InChI=1S/C12H16N2O4.ClH/c1-3-7(2)12(13)8-4-10-11(18-6-17-10)5-9(8)14(15)16;/h4-5,7,12H,3,6,13H2,1-2H3;1H/t7?,12-;/m0./s1. The largest absolute Gasteiger partial charge is 0.454 e. The SMILES string of the molecule is CCC(C)[C@H](N)c1cc2c(cc1[N+](=O)[O-])OCO2.Cl. The zero-order valence-corrected chi connectivity index (χ0v) is 11.6. The molecule has 0 saturated heterocycles. The summed E-state index contributed by atoms with van der Waals surface area (Å²) in [4.78, 5) is 10.7. The van der Waals surface area contributed by atoms with Crippen molar-refractivity contribution < 1.29 is 14.4 Å². The van der Waals surface area contributed by atoms with E-state index in [9.17, 15) is 10.1 Å². The van der Waals surface area contributed by atoms with Crippen molar-refractivity contribution in [2.45, 2.75) is 26.3 Å². The van der Waals surface area contributed by atoms with Gasteiger partial charge in [0.25, 0.3) is 5.69 Å². The monoisotopic (exact) mass is 288 g/mol. The average Bonchev–Trinajstić information content (AvgIpc) is 2.82. The lowest BCUT2D eigenvalue weighted by Crippen LogP contribution is -2.19. The summed E-state index contributed by atoms with van der Waals surface area (Å²) in [5.74, 6) is 1.08. The fourth-order valence-electron chi connectivity index (χ4n) is 1.93. The van der Waals surface area contributed by atoms with Crippen LogP contribution in [0.5, 0.6) is 11.5 Å². The van der Waals surface area contributed by atoms with Gasteiger partial charge in [0, 0.05) is 6.04 Å². The van der Waals surface area contributed by atoms with Crippen molar-refractivity contribution in [2.75, 3.05) is 6.79 Å². The van der Waals surface area contributed by atoms with Crippen LogP contribution in [0.25, 0.3) is 0 Å². The third-order valence-electron chi connectivity index (χ3n) is 3.33. The molecule has 0 radical (unpaired) electrons. The summed E-state index contributed by atoms with van der Waals surface area (Å²) in [6.07, 6.45) is 0.854. The second-order valence-electron chi connectivity index (χ2n) is 4.43. The number of rotatable bonds is 4. The molecule has 0 aromatic heterocycles. The topological polar surface area (TPSA) is 87.6 Å². The van der Waals surface area contributed by atoms with Gasteiger partial charge in [0.1, 0.15) is 0 Å². The van der Waals surface area contributed by atoms with Crippen molar-refractivity contribution >= 4 is 18.1 Å². The van der Waals surface area contributed by atoms with E-state index in [1.807, 2.05) is 13.8 Å². The van der Waals surface area contributed by atoms with Crippen molar-refractivity contribution in [3.8, 4) is 11.5 Å². The third kappa shape index (κ3) is 2.90. The van der Waals surface area contributed by atoms with Gasteiger partial charge in [0.2, 0.25) is 6.79 Å². The van der Waals surface area contributed by atoms with E-state index in [1.165, 1.54) is 6.07 Å². The number of nitro groups is 1. The van der Waals surface area contributed by atoms with Gasteiger partial charge < -0.3 is 15.2 Å². The molecule has 2 rings (SSSR count). The van der Waals surface area contributed by atoms with Crippen LogP contribution in [0, 0.1) is 16.0 Å². The van der Waals surface area contributed by atoms with Crippen LogP contribution in [-0.2, 0) is 0 Å². The van der Waals surface area contributed by atoms with E-state index in [4.69, 9.17) is 15.2 Å². The van der Waals surface area contributed by atoms with Gasteiger partial charge in [-0.1, -0.05) is 20.3 Å². The van der Waals surface area contributed by atoms with Crippen LogP contribution in [0.2, 0.25) is 0 Å². The summed E-state index contributed by atoms with van der Waals surface area (Å²) in [6.45, 7) is 4.07. The molecule has 1 aliphatic heterocycles.